The van der Waals surface area contributed by atoms with Crippen LogP contribution in [0, 0.1) is 5.82 Å². The van der Waals surface area contributed by atoms with Crippen LogP contribution in [0.25, 0.3) is 0 Å². The second-order valence-corrected chi connectivity index (χ2v) is 8.75. The summed E-state index contributed by atoms with van der Waals surface area (Å²) in [5.74, 6) is -0.207. The highest BCUT2D eigenvalue weighted by atomic mass is 32.2. The van der Waals surface area contributed by atoms with E-state index in [0.717, 1.165) is 24.9 Å². The van der Waals surface area contributed by atoms with E-state index in [2.05, 4.69) is 12.2 Å². The molecule has 1 atom stereocenters. The van der Waals surface area contributed by atoms with Crippen molar-refractivity contribution in [3.63, 3.8) is 0 Å². The van der Waals surface area contributed by atoms with E-state index in [1.165, 1.54) is 24.0 Å². The van der Waals surface area contributed by atoms with Crippen LogP contribution in [0.4, 0.5) is 4.39 Å². The van der Waals surface area contributed by atoms with Gasteiger partial charge in [-0.3, -0.25) is 0 Å². The standard InChI is InChI=1S/C19H22FNO2S/c1-14(15-3-9-18(10-4-15)24(2,22)23)21-13-19(11-12-19)16-5-7-17(20)8-6-16/h3-10,14,21H,11-13H2,1-2H3/t14-/m0/s1. The minimum Gasteiger partial charge on any atom is -0.309 e. The van der Waals surface area contributed by atoms with Crippen LogP contribution in [-0.2, 0) is 15.3 Å². The van der Waals surface area contributed by atoms with Gasteiger partial charge in [0.15, 0.2) is 9.84 Å². The third kappa shape index (κ3) is 3.68. The van der Waals surface area contributed by atoms with Crippen molar-refractivity contribution in [2.45, 2.75) is 36.1 Å². The Morgan fingerprint density at radius 1 is 1.08 bits per heavy atom. The topological polar surface area (TPSA) is 46.2 Å². The highest BCUT2D eigenvalue weighted by Crippen LogP contribution is 2.47. The zero-order chi connectivity index (χ0) is 17.4. The molecule has 0 bridgehead atoms. The fraction of sp³-hybridized carbons (Fsp3) is 0.368. The van der Waals surface area contributed by atoms with Crippen LogP contribution in [0.2, 0.25) is 0 Å². The average molecular weight is 347 g/mol. The Balaban J connectivity index is 1.65. The number of sulfone groups is 1. The van der Waals surface area contributed by atoms with E-state index < -0.39 is 9.84 Å². The Morgan fingerprint density at radius 2 is 1.67 bits per heavy atom. The minimum absolute atomic E-state index is 0.106. The van der Waals surface area contributed by atoms with Gasteiger partial charge in [0.1, 0.15) is 5.82 Å². The summed E-state index contributed by atoms with van der Waals surface area (Å²) in [6.07, 6.45) is 3.42. The molecule has 24 heavy (non-hydrogen) atoms. The predicted octanol–water partition coefficient (Wildman–Crippen LogP) is 3.61. The van der Waals surface area contributed by atoms with Gasteiger partial charge in [-0.1, -0.05) is 24.3 Å². The monoisotopic (exact) mass is 347 g/mol. The summed E-state index contributed by atoms with van der Waals surface area (Å²) in [7, 11) is -3.16. The van der Waals surface area contributed by atoms with Crippen molar-refractivity contribution in [3.05, 3.63) is 65.5 Å². The van der Waals surface area contributed by atoms with Gasteiger partial charge < -0.3 is 5.32 Å². The molecule has 1 fully saturated rings. The Morgan fingerprint density at radius 3 is 2.17 bits per heavy atom. The molecule has 3 nitrogen and oxygen atoms in total. The van der Waals surface area contributed by atoms with Gasteiger partial charge in [0.25, 0.3) is 0 Å². The molecule has 2 aromatic carbocycles. The van der Waals surface area contributed by atoms with E-state index in [4.69, 9.17) is 0 Å². The molecule has 0 heterocycles. The lowest BCUT2D eigenvalue weighted by Crippen LogP contribution is -2.29. The molecule has 1 aliphatic rings. The molecule has 1 N–H and O–H groups in total. The number of nitrogens with one attached hydrogen (secondary N) is 1. The first kappa shape index (κ1) is 17.1. The van der Waals surface area contributed by atoms with Gasteiger partial charge in [-0.2, -0.15) is 0 Å². The number of benzene rings is 2. The zero-order valence-electron chi connectivity index (χ0n) is 13.9. The molecule has 1 aliphatic carbocycles. The predicted molar refractivity (Wildman–Crippen MR) is 93.3 cm³/mol. The number of hydrogen-bond donors (Lipinski definition) is 1. The van der Waals surface area contributed by atoms with Crippen molar-refractivity contribution in [2.75, 3.05) is 12.8 Å². The average Bonchev–Trinajstić information content (AvgIpc) is 3.34. The van der Waals surface area contributed by atoms with Crippen molar-refractivity contribution in [2.24, 2.45) is 0 Å². The zero-order valence-corrected chi connectivity index (χ0v) is 14.7. The molecule has 0 radical (unpaired) electrons. The van der Waals surface area contributed by atoms with Crippen LogP contribution in [-0.4, -0.2) is 21.2 Å². The second-order valence-electron chi connectivity index (χ2n) is 6.73. The van der Waals surface area contributed by atoms with Gasteiger partial charge in [-0.15, -0.1) is 0 Å². The molecular weight excluding hydrogens is 325 g/mol. The van der Waals surface area contributed by atoms with Crippen molar-refractivity contribution in [1.82, 2.24) is 5.32 Å². The largest absolute Gasteiger partial charge is 0.309 e. The van der Waals surface area contributed by atoms with Crippen LogP contribution in [0.15, 0.2) is 53.4 Å². The molecule has 0 aliphatic heterocycles. The number of halogens is 1. The fourth-order valence-corrected chi connectivity index (χ4v) is 3.62. The first-order valence-electron chi connectivity index (χ1n) is 8.10. The summed E-state index contributed by atoms with van der Waals surface area (Å²) >= 11 is 0. The van der Waals surface area contributed by atoms with Crippen LogP contribution in [0.1, 0.15) is 36.9 Å². The van der Waals surface area contributed by atoms with Gasteiger partial charge in [-0.25, -0.2) is 12.8 Å². The summed E-state index contributed by atoms with van der Waals surface area (Å²) < 4.78 is 36.1. The smallest absolute Gasteiger partial charge is 0.175 e. The Bertz CT molecular complexity index is 809. The van der Waals surface area contributed by atoms with Crippen molar-refractivity contribution in [1.29, 1.82) is 0 Å². The van der Waals surface area contributed by atoms with Gasteiger partial charge in [0.2, 0.25) is 0 Å². The Hall–Kier alpha value is -1.72. The lowest BCUT2D eigenvalue weighted by Gasteiger charge is -2.21. The Labute approximate surface area is 142 Å². The molecule has 0 aromatic heterocycles. The molecule has 1 saturated carbocycles. The van der Waals surface area contributed by atoms with Crippen LogP contribution >= 0.6 is 0 Å². The van der Waals surface area contributed by atoms with E-state index in [1.54, 1.807) is 12.1 Å². The van der Waals surface area contributed by atoms with Gasteiger partial charge in [-0.05, 0) is 55.2 Å². The van der Waals surface area contributed by atoms with Crippen LogP contribution in [0.3, 0.4) is 0 Å². The van der Waals surface area contributed by atoms with E-state index in [1.807, 2.05) is 24.3 Å². The fourth-order valence-electron chi connectivity index (χ4n) is 2.99. The molecule has 0 amide bonds. The van der Waals surface area contributed by atoms with Crippen molar-refractivity contribution < 1.29 is 12.8 Å². The van der Waals surface area contributed by atoms with Gasteiger partial charge in [0, 0.05) is 24.3 Å². The first-order valence-corrected chi connectivity index (χ1v) is 9.99. The third-order valence-electron chi connectivity index (χ3n) is 4.87. The molecule has 0 spiro atoms. The van der Waals surface area contributed by atoms with Crippen molar-refractivity contribution in [3.8, 4) is 0 Å². The maximum Gasteiger partial charge on any atom is 0.175 e. The minimum atomic E-state index is -3.16. The summed E-state index contributed by atoms with van der Waals surface area (Å²) in [6, 6.07) is 13.9. The van der Waals surface area contributed by atoms with Gasteiger partial charge >= 0.3 is 0 Å². The Kier molecular flexibility index (Phi) is 4.49. The molecule has 0 saturated heterocycles. The lowest BCUT2D eigenvalue weighted by atomic mass is 9.95. The highest BCUT2D eigenvalue weighted by molar-refractivity contribution is 7.90. The van der Waals surface area contributed by atoms with E-state index in [9.17, 15) is 12.8 Å². The summed E-state index contributed by atoms with van der Waals surface area (Å²) in [5, 5.41) is 3.53. The van der Waals surface area contributed by atoms with Crippen LogP contribution in [0.5, 0.6) is 0 Å². The third-order valence-corrected chi connectivity index (χ3v) is 5.99. The molecular formula is C19H22FNO2S. The summed E-state index contributed by atoms with van der Waals surface area (Å²) in [5.41, 5.74) is 2.34. The second kappa shape index (κ2) is 6.30. The number of hydrogen-bond acceptors (Lipinski definition) is 3. The van der Waals surface area contributed by atoms with Gasteiger partial charge in [0.05, 0.1) is 4.90 Å². The SMILES string of the molecule is C[C@H](NCC1(c2ccc(F)cc2)CC1)c1ccc(S(C)(=O)=O)cc1. The van der Waals surface area contributed by atoms with E-state index in [0.29, 0.717) is 4.90 Å². The molecule has 128 valence electrons. The van der Waals surface area contributed by atoms with Crippen LogP contribution < -0.4 is 5.32 Å². The summed E-state index contributed by atoms with van der Waals surface area (Å²) in [6.45, 7) is 2.89. The van der Waals surface area contributed by atoms with E-state index in [-0.39, 0.29) is 17.3 Å². The normalized spacial score (nSPS) is 17.5. The maximum absolute atomic E-state index is 13.1. The van der Waals surface area contributed by atoms with Crippen molar-refractivity contribution >= 4 is 9.84 Å². The number of rotatable bonds is 6. The lowest BCUT2D eigenvalue weighted by molar-refractivity contribution is 0.509. The summed E-state index contributed by atoms with van der Waals surface area (Å²) in [4.78, 5) is 0.337. The first-order chi connectivity index (χ1) is 11.3. The molecule has 0 unspecified atom stereocenters. The maximum atomic E-state index is 13.1. The molecule has 5 heteroatoms. The van der Waals surface area contributed by atoms with E-state index >= 15 is 0 Å². The molecule has 2 aromatic rings. The quantitative estimate of drug-likeness (QED) is 0.868. The molecule has 3 rings (SSSR count). The highest BCUT2D eigenvalue weighted by Gasteiger charge is 2.43.